The second-order valence-corrected chi connectivity index (χ2v) is 10.2. The number of alkyl halides is 3. The third-order valence-corrected chi connectivity index (χ3v) is 7.66. The topological polar surface area (TPSA) is 77.5 Å². The first kappa shape index (κ1) is 26.0. The van der Waals surface area contributed by atoms with E-state index in [1.807, 2.05) is 24.5 Å². The van der Waals surface area contributed by atoms with Crippen LogP contribution in [0, 0.1) is 17.2 Å². The SMILES string of the molecule is N#Cc1cnn2cc(N3CCCC3)cc(-c3ccc(N4CCC(C(=O)CCCCC(F)(F)F)CC4)nc3)c12. The number of nitrogens with zero attached hydrogens (tertiary/aromatic N) is 6. The van der Waals surface area contributed by atoms with Gasteiger partial charge < -0.3 is 9.80 Å². The first-order chi connectivity index (χ1) is 18.3. The van der Waals surface area contributed by atoms with Crippen LogP contribution in [0.5, 0.6) is 0 Å². The number of fused-ring (bicyclic) bond motifs is 1. The molecule has 3 aromatic rings. The molecule has 2 aliphatic heterocycles. The quantitative estimate of drug-likeness (QED) is 0.348. The summed E-state index contributed by atoms with van der Waals surface area (Å²) in [5, 5.41) is 14.1. The molecule has 0 spiro atoms. The van der Waals surface area contributed by atoms with Gasteiger partial charge in [0, 0.05) is 62.3 Å². The minimum absolute atomic E-state index is 0.00670. The normalized spacial score (nSPS) is 16.8. The fraction of sp³-hybridized carbons (Fsp3) is 0.500. The molecule has 0 aromatic carbocycles. The zero-order valence-electron chi connectivity index (χ0n) is 21.3. The lowest BCUT2D eigenvalue weighted by atomic mass is 9.90. The maximum absolute atomic E-state index is 12.5. The summed E-state index contributed by atoms with van der Waals surface area (Å²) in [6, 6.07) is 8.34. The lowest BCUT2D eigenvalue weighted by Gasteiger charge is -2.32. The molecule has 2 saturated heterocycles. The zero-order chi connectivity index (χ0) is 26.7. The highest BCUT2D eigenvalue weighted by Crippen LogP contribution is 2.33. The van der Waals surface area contributed by atoms with Gasteiger partial charge in [0.05, 0.1) is 29.2 Å². The van der Waals surface area contributed by atoms with Crippen LogP contribution in [0.2, 0.25) is 0 Å². The Bertz CT molecular complexity index is 1310. The van der Waals surface area contributed by atoms with Gasteiger partial charge in [-0.25, -0.2) is 9.50 Å². The number of aromatic nitrogens is 3. The maximum Gasteiger partial charge on any atom is 0.389 e. The van der Waals surface area contributed by atoms with Gasteiger partial charge in [0.15, 0.2) is 0 Å². The van der Waals surface area contributed by atoms with Gasteiger partial charge in [-0.3, -0.25) is 4.79 Å². The summed E-state index contributed by atoms with van der Waals surface area (Å²) in [6.07, 6.45) is 4.62. The van der Waals surface area contributed by atoms with Crippen LogP contribution in [0.1, 0.15) is 56.9 Å². The molecule has 0 N–H and O–H groups in total. The smallest absolute Gasteiger partial charge is 0.370 e. The van der Waals surface area contributed by atoms with Gasteiger partial charge in [-0.2, -0.15) is 23.5 Å². The molecule has 200 valence electrons. The summed E-state index contributed by atoms with van der Waals surface area (Å²) >= 11 is 0. The van der Waals surface area contributed by atoms with Gasteiger partial charge in [-0.15, -0.1) is 0 Å². The average Bonchev–Trinajstić information content (AvgIpc) is 3.60. The Hall–Kier alpha value is -3.61. The number of ketones is 1. The second-order valence-electron chi connectivity index (χ2n) is 10.2. The van der Waals surface area contributed by atoms with Crippen LogP contribution in [0.25, 0.3) is 16.6 Å². The van der Waals surface area contributed by atoms with E-state index in [4.69, 9.17) is 4.98 Å². The summed E-state index contributed by atoms with van der Waals surface area (Å²) in [4.78, 5) is 21.7. The van der Waals surface area contributed by atoms with Crippen LogP contribution in [0.4, 0.5) is 24.7 Å². The highest BCUT2D eigenvalue weighted by atomic mass is 19.4. The first-order valence-corrected chi connectivity index (χ1v) is 13.3. The zero-order valence-corrected chi connectivity index (χ0v) is 21.3. The lowest BCUT2D eigenvalue weighted by molar-refractivity contribution is -0.136. The van der Waals surface area contributed by atoms with Crippen molar-refractivity contribution in [1.82, 2.24) is 14.6 Å². The van der Waals surface area contributed by atoms with Crippen LogP contribution in [-0.2, 0) is 4.79 Å². The van der Waals surface area contributed by atoms with Crippen molar-refractivity contribution in [3.8, 4) is 17.2 Å². The molecule has 0 saturated carbocycles. The van der Waals surface area contributed by atoms with Gasteiger partial charge in [-0.05, 0) is 56.7 Å². The average molecular weight is 525 g/mol. The van der Waals surface area contributed by atoms with E-state index in [2.05, 4.69) is 27.0 Å². The number of unbranched alkanes of at least 4 members (excludes halogenated alkanes) is 1. The summed E-state index contributed by atoms with van der Waals surface area (Å²) in [6.45, 7) is 3.36. The van der Waals surface area contributed by atoms with Gasteiger partial charge >= 0.3 is 6.18 Å². The molecule has 5 heterocycles. The fourth-order valence-electron chi connectivity index (χ4n) is 5.55. The van der Waals surface area contributed by atoms with E-state index < -0.39 is 12.6 Å². The van der Waals surface area contributed by atoms with E-state index in [0.717, 1.165) is 54.1 Å². The number of nitriles is 1. The van der Waals surface area contributed by atoms with Gasteiger partial charge in [0.2, 0.25) is 0 Å². The van der Waals surface area contributed by atoms with E-state index in [0.29, 0.717) is 37.9 Å². The Morgan fingerprint density at radius 1 is 1.05 bits per heavy atom. The molecule has 0 amide bonds. The van der Waals surface area contributed by atoms with Crippen LogP contribution >= 0.6 is 0 Å². The Balaban J connectivity index is 1.25. The Morgan fingerprint density at radius 3 is 2.47 bits per heavy atom. The molecule has 0 bridgehead atoms. The second kappa shape index (κ2) is 11.0. The number of carbonyl (C=O) groups is 1. The highest BCUT2D eigenvalue weighted by Gasteiger charge is 2.28. The van der Waals surface area contributed by atoms with Crippen molar-refractivity contribution in [2.45, 2.75) is 57.5 Å². The van der Waals surface area contributed by atoms with Crippen LogP contribution in [0.3, 0.4) is 0 Å². The molecule has 0 aliphatic carbocycles. The Labute approximate surface area is 219 Å². The van der Waals surface area contributed by atoms with Crippen molar-refractivity contribution in [2.75, 3.05) is 36.0 Å². The molecule has 5 rings (SSSR count). The Morgan fingerprint density at radius 2 is 1.82 bits per heavy atom. The number of piperidine rings is 1. The number of pyridine rings is 2. The molecule has 2 aliphatic rings. The molecule has 2 fully saturated rings. The van der Waals surface area contributed by atoms with Crippen molar-refractivity contribution in [3.05, 3.63) is 42.4 Å². The number of Topliss-reactive ketones (excluding diaryl/α,β-unsaturated/α-hetero) is 1. The van der Waals surface area contributed by atoms with E-state index in [9.17, 15) is 23.2 Å². The molecule has 0 atom stereocenters. The summed E-state index contributed by atoms with van der Waals surface area (Å²) in [5.41, 5.74) is 4.17. The summed E-state index contributed by atoms with van der Waals surface area (Å²) < 4.78 is 38.7. The monoisotopic (exact) mass is 524 g/mol. The predicted octanol–water partition coefficient (Wildman–Crippen LogP) is 5.78. The molecule has 10 heteroatoms. The Kier molecular flexibility index (Phi) is 7.54. The van der Waals surface area contributed by atoms with Crippen LogP contribution in [0.15, 0.2) is 36.8 Å². The number of carbonyl (C=O) groups excluding carboxylic acids is 1. The number of halogens is 3. The van der Waals surface area contributed by atoms with Crippen molar-refractivity contribution in [2.24, 2.45) is 5.92 Å². The van der Waals surface area contributed by atoms with Crippen molar-refractivity contribution >= 4 is 22.8 Å². The first-order valence-electron chi connectivity index (χ1n) is 13.3. The van der Waals surface area contributed by atoms with E-state index in [1.54, 1.807) is 10.7 Å². The maximum atomic E-state index is 12.5. The molecule has 7 nitrogen and oxygen atoms in total. The molecule has 0 unspecified atom stereocenters. The van der Waals surface area contributed by atoms with Crippen LogP contribution in [-0.4, -0.2) is 52.7 Å². The van der Waals surface area contributed by atoms with E-state index in [-0.39, 0.29) is 24.5 Å². The molecule has 38 heavy (non-hydrogen) atoms. The highest BCUT2D eigenvalue weighted by molar-refractivity contribution is 5.86. The number of rotatable bonds is 8. The molecule has 0 radical (unpaired) electrons. The third-order valence-electron chi connectivity index (χ3n) is 7.66. The van der Waals surface area contributed by atoms with Crippen LogP contribution < -0.4 is 9.80 Å². The number of anilines is 2. The lowest BCUT2D eigenvalue weighted by Crippen LogP contribution is -2.36. The standard InChI is InChI=1S/C28H31F3N6O/c29-28(30,31)10-2-1-5-25(38)20-8-13-36(14-9-20)26-7-6-21(17-33-26)24-15-23(35-11-3-4-12-35)19-37-27(24)22(16-32)18-34-37/h6-7,15,17-20H,1-5,8-14H2. The molecular formula is C28H31F3N6O. The summed E-state index contributed by atoms with van der Waals surface area (Å²) in [7, 11) is 0. The predicted molar refractivity (Wildman–Crippen MR) is 139 cm³/mol. The minimum atomic E-state index is -4.16. The summed E-state index contributed by atoms with van der Waals surface area (Å²) in [5.74, 6) is 0.806. The van der Waals surface area contributed by atoms with E-state index in [1.165, 1.54) is 0 Å². The minimum Gasteiger partial charge on any atom is -0.370 e. The van der Waals surface area contributed by atoms with Crippen molar-refractivity contribution in [3.63, 3.8) is 0 Å². The number of hydrogen-bond donors (Lipinski definition) is 0. The molecule has 3 aromatic heterocycles. The van der Waals surface area contributed by atoms with Crippen molar-refractivity contribution in [1.29, 1.82) is 5.26 Å². The van der Waals surface area contributed by atoms with Crippen molar-refractivity contribution < 1.29 is 18.0 Å². The van der Waals surface area contributed by atoms with Gasteiger partial charge in [-0.1, -0.05) is 0 Å². The largest absolute Gasteiger partial charge is 0.389 e. The van der Waals surface area contributed by atoms with E-state index >= 15 is 0 Å². The third kappa shape index (κ3) is 5.77. The van der Waals surface area contributed by atoms with Gasteiger partial charge in [0.25, 0.3) is 0 Å². The number of hydrogen-bond acceptors (Lipinski definition) is 6. The molecular weight excluding hydrogens is 493 g/mol. The fourth-order valence-corrected chi connectivity index (χ4v) is 5.55. The van der Waals surface area contributed by atoms with Gasteiger partial charge in [0.1, 0.15) is 17.7 Å².